The van der Waals surface area contributed by atoms with Crippen molar-refractivity contribution in [2.75, 3.05) is 6.61 Å². The van der Waals surface area contributed by atoms with Gasteiger partial charge in [-0.3, -0.25) is 0 Å². The van der Waals surface area contributed by atoms with Crippen molar-refractivity contribution in [1.29, 1.82) is 0 Å². The van der Waals surface area contributed by atoms with Crippen LogP contribution in [0.2, 0.25) is 0 Å². The Labute approximate surface area is 120 Å². The molecule has 1 saturated heterocycles. The number of rotatable bonds is 3. The highest BCUT2D eigenvalue weighted by atomic mass is 32.1. The van der Waals surface area contributed by atoms with Gasteiger partial charge in [0.15, 0.2) is 0 Å². The molecule has 106 valence electrons. The summed E-state index contributed by atoms with van der Waals surface area (Å²) in [5, 5.41) is 3.88. The van der Waals surface area contributed by atoms with Gasteiger partial charge in [0.2, 0.25) is 0 Å². The van der Waals surface area contributed by atoms with Gasteiger partial charge in [-0.05, 0) is 38.8 Å². The summed E-state index contributed by atoms with van der Waals surface area (Å²) < 4.78 is 5.87. The van der Waals surface area contributed by atoms with Gasteiger partial charge in [0.25, 0.3) is 0 Å². The predicted molar refractivity (Wildman–Crippen MR) is 80.8 cm³/mol. The minimum absolute atomic E-state index is 0.272. The molecule has 3 rings (SSSR count). The molecule has 2 nitrogen and oxygen atoms in total. The van der Waals surface area contributed by atoms with Gasteiger partial charge in [0.1, 0.15) is 0 Å². The number of aryl methyl sites for hydroxylation is 2. The first-order valence-corrected chi connectivity index (χ1v) is 8.17. The average molecular weight is 279 g/mol. The van der Waals surface area contributed by atoms with E-state index in [1.807, 2.05) is 11.3 Å². The molecule has 4 atom stereocenters. The summed E-state index contributed by atoms with van der Waals surface area (Å²) in [6, 6.07) is 3.37. The van der Waals surface area contributed by atoms with Crippen molar-refractivity contribution < 1.29 is 4.74 Å². The van der Waals surface area contributed by atoms with Gasteiger partial charge in [-0.2, -0.15) is 0 Å². The summed E-state index contributed by atoms with van der Waals surface area (Å²) in [5.41, 5.74) is 1.75. The molecule has 1 saturated carbocycles. The normalized spacial score (nSPS) is 33.8. The molecular formula is C16H25NOS. The quantitative estimate of drug-likeness (QED) is 0.908. The van der Waals surface area contributed by atoms with E-state index < -0.39 is 0 Å². The second-order valence-electron chi connectivity index (χ2n) is 6.80. The summed E-state index contributed by atoms with van der Waals surface area (Å²) >= 11 is 1.90. The molecule has 1 aliphatic heterocycles. The summed E-state index contributed by atoms with van der Waals surface area (Å²) in [6.07, 6.45) is 1.70. The van der Waals surface area contributed by atoms with Crippen molar-refractivity contribution in [2.45, 2.75) is 59.2 Å². The van der Waals surface area contributed by atoms with E-state index >= 15 is 0 Å². The molecule has 1 aromatic heterocycles. The number of ether oxygens (including phenoxy) is 1. The van der Waals surface area contributed by atoms with Crippen LogP contribution in [0.5, 0.6) is 0 Å². The van der Waals surface area contributed by atoms with Crippen LogP contribution in [0.25, 0.3) is 0 Å². The lowest BCUT2D eigenvalue weighted by molar-refractivity contribution is -0.115. The van der Waals surface area contributed by atoms with E-state index in [9.17, 15) is 0 Å². The second-order valence-corrected chi connectivity index (χ2v) is 8.26. The molecule has 1 aromatic rings. The minimum Gasteiger partial charge on any atom is -0.377 e. The zero-order valence-electron chi connectivity index (χ0n) is 12.6. The van der Waals surface area contributed by atoms with E-state index in [1.165, 1.54) is 21.7 Å². The standard InChI is InChI=1S/C16H25NOS/c1-9-8-13(11(3)19-9)10(2)17-14-12-6-7-18-15(12)16(14,4)5/h8,10,12,14-15,17H,6-7H2,1-5H3. The van der Waals surface area contributed by atoms with Crippen molar-refractivity contribution in [1.82, 2.24) is 5.32 Å². The Morgan fingerprint density at radius 3 is 2.79 bits per heavy atom. The van der Waals surface area contributed by atoms with Crippen LogP contribution in [-0.2, 0) is 4.74 Å². The maximum absolute atomic E-state index is 5.87. The highest BCUT2D eigenvalue weighted by Crippen LogP contribution is 2.52. The molecule has 4 unspecified atom stereocenters. The number of thiophene rings is 1. The van der Waals surface area contributed by atoms with E-state index in [4.69, 9.17) is 4.74 Å². The van der Waals surface area contributed by atoms with Crippen molar-refractivity contribution >= 4 is 11.3 Å². The molecule has 19 heavy (non-hydrogen) atoms. The second kappa shape index (κ2) is 4.57. The fourth-order valence-corrected chi connectivity index (χ4v) is 5.12. The average Bonchev–Trinajstić information content (AvgIpc) is 2.91. The molecule has 3 heteroatoms. The summed E-state index contributed by atoms with van der Waals surface area (Å²) in [5.74, 6) is 0.720. The van der Waals surface area contributed by atoms with Gasteiger partial charge in [-0.25, -0.2) is 0 Å². The molecule has 0 radical (unpaired) electrons. The smallest absolute Gasteiger partial charge is 0.0685 e. The van der Waals surface area contributed by atoms with Crippen LogP contribution in [0.3, 0.4) is 0 Å². The summed E-state index contributed by atoms with van der Waals surface area (Å²) in [6.45, 7) is 12.4. The van der Waals surface area contributed by atoms with Crippen LogP contribution in [0.15, 0.2) is 6.07 Å². The third kappa shape index (κ3) is 2.07. The van der Waals surface area contributed by atoms with E-state index in [0.717, 1.165) is 12.5 Å². The Balaban J connectivity index is 1.73. The van der Waals surface area contributed by atoms with Gasteiger partial charge in [0.05, 0.1) is 6.10 Å². The highest BCUT2D eigenvalue weighted by molar-refractivity contribution is 7.12. The molecule has 2 aliphatic rings. The van der Waals surface area contributed by atoms with Crippen molar-refractivity contribution in [3.8, 4) is 0 Å². The minimum atomic E-state index is 0.272. The fraction of sp³-hybridized carbons (Fsp3) is 0.750. The molecule has 0 bridgehead atoms. The SMILES string of the molecule is Cc1cc(C(C)NC2C3CCOC3C2(C)C)c(C)s1. The summed E-state index contributed by atoms with van der Waals surface area (Å²) in [7, 11) is 0. The zero-order chi connectivity index (χ0) is 13.8. The first-order chi connectivity index (χ1) is 8.91. The highest BCUT2D eigenvalue weighted by Gasteiger charge is 2.59. The topological polar surface area (TPSA) is 21.3 Å². The lowest BCUT2D eigenvalue weighted by Crippen LogP contribution is -2.66. The van der Waals surface area contributed by atoms with Crippen molar-refractivity contribution in [3.63, 3.8) is 0 Å². The van der Waals surface area contributed by atoms with Gasteiger partial charge in [-0.15, -0.1) is 11.3 Å². The Kier molecular flexibility index (Phi) is 3.27. The van der Waals surface area contributed by atoms with Crippen molar-refractivity contribution in [2.24, 2.45) is 11.3 Å². The van der Waals surface area contributed by atoms with Crippen LogP contribution in [0.4, 0.5) is 0 Å². The van der Waals surface area contributed by atoms with E-state index in [-0.39, 0.29) is 5.41 Å². The molecule has 0 amide bonds. The molecule has 2 fully saturated rings. The molecular weight excluding hydrogens is 254 g/mol. The lowest BCUT2D eigenvalue weighted by atomic mass is 9.57. The van der Waals surface area contributed by atoms with Crippen LogP contribution in [-0.4, -0.2) is 18.8 Å². The Morgan fingerprint density at radius 2 is 2.16 bits per heavy atom. The van der Waals surface area contributed by atoms with E-state index in [0.29, 0.717) is 18.2 Å². The van der Waals surface area contributed by atoms with E-state index in [2.05, 4.69) is 46.0 Å². The molecule has 1 aliphatic carbocycles. The maximum atomic E-state index is 5.87. The predicted octanol–water partition coefficient (Wildman–Crippen LogP) is 3.83. The van der Waals surface area contributed by atoms with Gasteiger partial charge < -0.3 is 10.1 Å². The van der Waals surface area contributed by atoms with Crippen LogP contribution in [0.1, 0.15) is 48.6 Å². The maximum Gasteiger partial charge on any atom is 0.0685 e. The van der Waals surface area contributed by atoms with Crippen LogP contribution >= 0.6 is 11.3 Å². The molecule has 2 heterocycles. The summed E-state index contributed by atoms with van der Waals surface area (Å²) in [4.78, 5) is 2.87. The largest absolute Gasteiger partial charge is 0.377 e. The monoisotopic (exact) mass is 279 g/mol. The number of fused-ring (bicyclic) bond motifs is 1. The van der Waals surface area contributed by atoms with Gasteiger partial charge >= 0.3 is 0 Å². The molecule has 0 aromatic carbocycles. The Bertz CT molecular complexity index is 479. The Morgan fingerprint density at radius 1 is 1.42 bits per heavy atom. The van der Waals surface area contributed by atoms with Crippen LogP contribution < -0.4 is 5.32 Å². The number of hydrogen-bond acceptors (Lipinski definition) is 3. The van der Waals surface area contributed by atoms with Crippen molar-refractivity contribution in [3.05, 3.63) is 21.4 Å². The van der Waals surface area contributed by atoms with Crippen LogP contribution in [0, 0.1) is 25.2 Å². The van der Waals surface area contributed by atoms with E-state index in [1.54, 1.807) is 0 Å². The third-order valence-corrected chi connectivity index (χ3v) is 6.06. The first-order valence-electron chi connectivity index (χ1n) is 7.36. The zero-order valence-corrected chi connectivity index (χ0v) is 13.4. The number of nitrogens with one attached hydrogen (secondary N) is 1. The first kappa shape index (κ1) is 13.6. The van der Waals surface area contributed by atoms with Gasteiger partial charge in [0, 0.05) is 39.8 Å². The molecule has 0 spiro atoms. The number of hydrogen-bond donors (Lipinski definition) is 1. The van der Waals surface area contributed by atoms with Gasteiger partial charge in [-0.1, -0.05) is 13.8 Å². The third-order valence-electron chi connectivity index (χ3n) is 5.08. The fourth-order valence-electron chi connectivity index (χ4n) is 4.10. The lowest BCUT2D eigenvalue weighted by Gasteiger charge is -2.55. The Hall–Kier alpha value is -0.380. The molecule has 1 N–H and O–H groups in total.